The Hall–Kier alpha value is -4.31. The molecule has 3 aromatic rings. The molecule has 4 aliphatic carbocycles. The number of carbonyl (C=O) groups is 2. The number of likely N-dealkylation sites (N-methyl/N-ethyl adjacent to an activating group) is 1. The molecule has 2 unspecified atom stereocenters. The largest absolute Gasteiger partial charge is 0.462 e. The summed E-state index contributed by atoms with van der Waals surface area (Å²) in [7, 11) is 4.35. The average molecular weight is 900 g/mol. The predicted molar refractivity (Wildman–Crippen MR) is 260 cm³/mol. The first-order valence-corrected chi connectivity index (χ1v) is 25.2. The fourth-order valence-corrected chi connectivity index (χ4v) is 14.1. The number of aliphatic hydroxyl groups is 2. The first kappa shape index (κ1) is 45.8. The van der Waals surface area contributed by atoms with E-state index < -0.39 is 11.5 Å². The van der Waals surface area contributed by atoms with E-state index in [0.717, 1.165) is 107 Å². The number of hydrogen-bond donors (Lipinski definition) is 3. The van der Waals surface area contributed by atoms with Crippen LogP contribution in [0.15, 0.2) is 77.3 Å². The number of benzene rings is 2. The van der Waals surface area contributed by atoms with Gasteiger partial charge in [0.1, 0.15) is 28.5 Å². The van der Waals surface area contributed by atoms with Gasteiger partial charge in [-0.05, 0) is 145 Å². The minimum Gasteiger partial charge on any atom is -0.462 e. The number of nitrogens with one attached hydrogen (secondary N) is 1. The number of rotatable bonds is 4. The summed E-state index contributed by atoms with van der Waals surface area (Å²) in [5.74, 6) is 5.91. The maximum Gasteiger partial charge on any atom is 0.316 e. The number of anilines is 2. The highest BCUT2D eigenvalue weighted by atomic mass is 32.1. The molecular formula is C54H69N5O5S. The van der Waals surface area contributed by atoms with Crippen molar-refractivity contribution >= 4 is 45.3 Å². The molecule has 5 heterocycles. The van der Waals surface area contributed by atoms with Gasteiger partial charge in [0, 0.05) is 55.0 Å². The molecule has 0 spiro atoms. The zero-order chi connectivity index (χ0) is 45.5. The Morgan fingerprint density at radius 2 is 1.68 bits per heavy atom. The van der Waals surface area contributed by atoms with E-state index in [-0.39, 0.29) is 24.1 Å². The molecule has 6 fully saturated rings. The highest BCUT2D eigenvalue weighted by Gasteiger charge is 2.62. The van der Waals surface area contributed by atoms with E-state index in [0.29, 0.717) is 41.5 Å². The number of terminal acetylenes is 1. The van der Waals surface area contributed by atoms with E-state index in [4.69, 9.17) is 16.2 Å². The van der Waals surface area contributed by atoms with Gasteiger partial charge in [-0.3, -0.25) is 9.59 Å². The number of piperidine rings is 1. The standard InChI is InChI=1S/C20H26O2.C17H20N4S.C17H23NO3/c1-3-20(22)11-9-18-17-6-4-13-12-14(21)5-7-15(13)16(17)8-10-19(18,20)2;1-12-11-13-16(21-9-7-20(2)8-10-21)18-14-5-3-4-6-15(14)19-17(13)22-12;1-18-13-7-8-14(18)10-15(9-13)21-17(20)16(11-19)12-5-3-2-4-6-12/h1,12,15-18,22H,4-11H2,2H3;3-6,11,19H,7-10H2,1-2H3;2-6,13-16,19H,7-11H2,1H3/t15-,16+,17+,18-,19-,20-;;13-,14+,15?,16?/m0../s1. The van der Waals surface area contributed by atoms with Crippen LogP contribution in [0.3, 0.4) is 0 Å². The van der Waals surface area contributed by atoms with Crippen LogP contribution in [-0.4, -0.2) is 113 Å². The smallest absolute Gasteiger partial charge is 0.316 e. The molecule has 0 radical (unpaired) electrons. The third-order valence-electron chi connectivity index (χ3n) is 17.0. The van der Waals surface area contributed by atoms with Crippen molar-refractivity contribution in [2.75, 3.05) is 52.2 Å². The van der Waals surface area contributed by atoms with Gasteiger partial charge in [-0.1, -0.05) is 60.9 Å². The summed E-state index contributed by atoms with van der Waals surface area (Å²) in [6.45, 7) is 8.43. The Balaban J connectivity index is 0.000000123. The fraction of sp³-hybridized carbons (Fsp3) is 0.574. The summed E-state index contributed by atoms with van der Waals surface area (Å²) in [5.41, 5.74) is 4.60. The van der Waals surface area contributed by atoms with Gasteiger partial charge in [0.15, 0.2) is 5.78 Å². The van der Waals surface area contributed by atoms with Crippen molar-refractivity contribution in [3.05, 3.63) is 88.3 Å². The maximum atomic E-state index is 12.4. The lowest BCUT2D eigenvalue weighted by atomic mass is 9.50. The number of hydrogen-bond acceptors (Lipinski definition) is 11. The Labute approximate surface area is 390 Å². The molecule has 1 aromatic heterocycles. The molecule has 2 bridgehead atoms. The lowest BCUT2D eigenvalue weighted by Crippen LogP contribution is -2.52. The van der Waals surface area contributed by atoms with Crippen molar-refractivity contribution < 1.29 is 24.5 Å². The third kappa shape index (κ3) is 9.11. The molecule has 10 atom stereocenters. The van der Waals surface area contributed by atoms with Crippen LogP contribution in [0, 0.1) is 48.4 Å². The summed E-state index contributed by atoms with van der Waals surface area (Å²) >= 11 is 1.81. The van der Waals surface area contributed by atoms with Gasteiger partial charge in [0.25, 0.3) is 0 Å². The normalized spacial score (nSPS) is 32.9. The zero-order valence-electron chi connectivity index (χ0n) is 38.9. The molecule has 3 N–H and O–H groups in total. The minimum atomic E-state index is -0.902. The van der Waals surface area contributed by atoms with Crippen molar-refractivity contribution in [1.29, 1.82) is 0 Å². The lowest BCUT2D eigenvalue weighted by Gasteiger charge is -2.54. The van der Waals surface area contributed by atoms with E-state index in [1.807, 2.05) is 36.4 Å². The Morgan fingerprint density at radius 3 is 2.40 bits per heavy atom. The molecule has 8 aliphatic rings. The zero-order valence-corrected chi connectivity index (χ0v) is 39.7. The number of fused-ring (bicyclic) bond motifs is 9. The molecule has 65 heavy (non-hydrogen) atoms. The number of carbonyl (C=O) groups excluding carboxylic acids is 2. The van der Waals surface area contributed by atoms with Crippen molar-refractivity contribution in [3.8, 4) is 12.3 Å². The van der Waals surface area contributed by atoms with Crippen LogP contribution in [0.4, 0.5) is 16.4 Å². The second-order valence-corrected chi connectivity index (χ2v) is 21.8. The number of allylic oxidation sites excluding steroid dienone is 1. The second-order valence-electron chi connectivity index (χ2n) is 20.5. The number of piperazine rings is 1. The SMILES string of the molecule is C#C[C@]1(O)CC[C@H]2[C@@H]3CCC4=CC(=O)CC[C@@H]4[C@H]3CC[C@@]21C.CN1[C@@H]2CC[C@H]1CC(OC(=O)C(CO)c1ccccc1)C2.Cc1cc2c(s1)Nc1ccccc1N=C2N1CCN(C)CC1. The molecule has 3 saturated carbocycles. The molecule has 2 aromatic carbocycles. The Morgan fingerprint density at radius 1 is 0.954 bits per heavy atom. The highest BCUT2D eigenvalue weighted by molar-refractivity contribution is 7.16. The number of amidine groups is 1. The number of aryl methyl sites for hydroxylation is 1. The summed E-state index contributed by atoms with van der Waals surface area (Å²) < 4.78 is 5.70. The first-order chi connectivity index (χ1) is 31.4. The number of aliphatic imine (C=N–C) groups is 1. The molecule has 0 amide bonds. The monoisotopic (exact) mass is 900 g/mol. The van der Waals surface area contributed by atoms with Crippen LogP contribution < -0.4 is 5.32 Å². The number of esters is 1. The average Bonchev–Trinajstić information content (AvgIpc) is 3.83. The topological polar surface area (TPSA) is 118 Å². The van der Waals surface area contributed by atoms with Gasteiger partial charge in [-0.2, -0.15) is 0 Å². The number of ketones is 1. The van der Waals surface area contributed by atoms with E-state index in [1.165, 1.54) is 40.3 Å². The van der Waals surface area contributed by atoms with Gasteiger partial charge < -0.3 is 35.0 Å². The molecule has 11 heteroatoms. The van der Waals surface area contributed by atoms with E-state index in [2.05, 4.69) is 84.2 Å². The summed E-state index contributed by atoms with van der Waals surface area (Å²) in [5, 5.41) is 25.2. The quantitative estimate of drug-likeness (QED) is 0.175. The van der Waals surface area contributed by atoms with Gasteiger partial charge >= 0.3 is 5.97 Å². The van der Waals surface area contributed by atoms with Crippen molar-refractivity contribution in [2.45, 2.75) is 121 Å². The van der Waals surface area contributed by atoms with Crippen molar-refractivity contribution in [2.24, 2.45) is 34.1 Å². The van der Waals surface area contributed by atoms with Crippen LogP contribution in [0.25, 0.3) is 0 Å². The molecule has 11 rings (SSSR count). The third-order valence-corrected chi connectivity index (χ3v) is 17.9. The van der Waals surface area contributed by atoms with Crippen LogP contribution in [0.5, 0.6) is 0 Å². The molecule has 3 saturated heterocycles. The van der Waals surface area contributed by atoms with Crippen LogP contribution >= 0.6 is 11.3 Å². The number of para-hydroxylation sites is 2. The van der Waals surface area contributed by atoms with Crippen LogP contribution in [-0.2, 0) is 14.3 Å². The summed E-state index contributed by atoms with van der Waals surface area (Å²) in [6, 6.07) is 21.0. The van der Waals surface area contributed by atoms with Crippen molar-refractivity contribution in [3.63, 3.8) is 0 Å². The first-order valence-electron chi connectivity index (χ1n) is 24.4. The Kier molecular flexibility index (Phi) is 13.5. The number of aliphatic hydroxyl groups excluding tert-OH is 1. The van der Waals surface area contributed by atoms with Gasteiger partial charge in [-0.15, -0.1) is 17.8 Å². The van der Waals surface area contributed by atoms with E-state index >= 15 is 0 Å². The number of thiophene rings is 1. The highest BCUT2D eigenvalue weighted by Crippen LogP contribution is 2.64. The van der Waals surface area contributed by atoms with Crippen LogP contribution in [0.1, 0.15) is 106 Å². The van der Waals surface area contributed by atoms with Crippen molar-refractivity contribution in [1.82, 2.24) is 14.7 Å². The molecule has 10 nitrogen and oxygen atoms in total. The predicted octanol–water partition coefficient (Wildman–Crippen LogP) is 8.86. The fourth-order valence-electron chi connectivity index (χ4n) is 13.1. The second kappa shape index (κ2) is 19.1. The molecular weight excluding hydrogens is 831 g/mol. The van der Waals surface area contributed by atoms with E-state index in [1.54, 1.807) is 11.3 Å². The van der Waals surface area contributed by atoms with Crippen LogP contribution in [0.2, 0.25) is 0 Å². The molecule has 4 aliphatic heterocycles. The minimum absolute atomic E-state index is 0.00367. The summed E-state index contributed by atoms with van der Waals surface area (Å²) in [6.07, 6.45) is 20.0. The molecule has 346 valence electrons. The number of ether oxygens (including phenoxy) is 1. The summed E-state index contributed by atoms with van der Waals surface area (Å²) in [4.78, 5) is 37.6. The number of nitrogens with zero attached hydrogens (tertiary/aromatic N) is 4. The maximum absolute atomic E-state index is 12.4. The van der Waals surface area contributed by atoms with Gasteiger partial charge in [-0.25, -0.2) is 4.99 Å². The lowest BCUT2D eigenvalue weighted by molar-refractivity contribution is -0.155. The van der Waals surface area contributed by atoms with Gasteiger partial charge in [0.05, 0.1) is 23.5 Å². The Bertz CT molecular complexity index is 2300. The van der Waals surface area contributed by atoms with E-state index in [9.17, 15) is 19.8 Å². The van der Waals surface area contributed by atoms with Gasteiger partial charge in [0.2, 0.25) is 0 Å².